The Labute approximate surface area is 167 Å². The number of anilines is 1. The first-order valence-corrected chi connectivity index (χ1v) is 8.99. The van der Waals surface area contributed by atoms with Gasteiger partial charge in [0, 0.05) is 5.56 Å². The molecule has 0 aliphatic carbocycles. The fourth-order valence-electron chi connectivity index (χ4n) is 2.74. The van der Waals surface area contributed by atoms with E-state index in [1.54, 1.807) is 18.2 Å². The number of aromatic amines is 1. The quantitative estimate of drug-likeness (QED) is 0.635. The summed E-state index contributed by atoms with van der Waals surface area (Å²) in [6.07, 6.45) is -1.05. The highest BCUT2D eigenvalue weighted by molar-refractivity contribution is 6.34. The lowest BCUT2D eigenvalue weighted by Crippen LogP contribution is -2.30. The SMILES string of the molecule is Cc1cc(C)c(NC(=O)C(C)OC(=O)c2n[nH]nc2-c2ccccc2)c(Cl)c1. The third-order valence-corrected chi connectivity index (χ3v) is 4.42. The van der Waals surface area contributed by atoms with Crippen molar-refractivity contribution in [2.24, 2.45) is 0 Å². The summed E-state index contributed by atoms with van der Waals surface area (Å²) in [6.45, 7) is 5.23. The lowest BCUT2D eigenvalue weighted by molar-refractivity contribution is -0.123. The van der Waals surface area contributed by atoms with Crippen molar-refractivity contribution in [3.63, 3.8) is 0 Å². The molecule has 0 saturated heterocycles. The fourth-order valence-corrected chi connectivity index (χ4v) is 3.11. The molecule has 0 fully saturated rings. The Bertz CT molecular complexity index is 994. The summed E-state index contributed by atoms with van der Waals surface area (Å²) in [5.41, 5.74) is 3.37. The topological polar surface area (TPSA) is 97.0 Å². The van der Waals surface area contributed by atoms with Gasteiger partial charge in [-0.1, -0.05) is 48.0 Å². The molecule has 3 aromatic rings. The molecule has 144 valence electrons. The van der Waals surface area contributed by atoms with Crippen molar-refractivity contribution in [2.45, 2.75) is 26.9 Å². The number of nitrogens with one attached hydrogen (secondary N) is 2. The Morgan fingerprint density at radius 2 is 1.86 bits per heavy atom. The van der Waals surface area contributed by atoms with Gasteiger partial charge in [-0.25, -0.2) is 4.79 Å². The van der Waals surface area contributed by atoms with Gasteiger partial charge in [0.1, 0.15) is 5.69 Å². The average Bonchev–Trinajstić information content (AvgIpc) is 3.15. The second-order valence-electron chi connectivity index (χ2n) is 6.36. The van der Waals surface area contributed by atoms with Crippen molar-refractivity contribution in [2.75, 3.05) is 5.32 Å². The number of hydrogen-bond acceptors (Lipinski definition) is 5. The van der Waals surface area contributed by atoms with E-state index >= 15 is 0 Å². The predicted molar refractivity (Wildman–Crippen MR) is 106 cm³/mol. The number of halogens is 1. The maximum Gasteiger partial charge on any atom is 0.361 e. The first kappa shape index (κ1) is 19.6. The van der Waals surface area contributed by atoms with E-state index in [0.29, 0.717) is 22.0 Å². The van der Waals surface area contributed by atoms with E-state index in [4.69, 9.17) is 16.3 Å². The molecule has 1 unspecified atom stereocenters. The molecule has 1 atom stereocenters. The number of aromatic nitrogens is 3. The molecule has 0 radical (unpaired) electrons. The molecule has 28 heavy (non-hydrogen) atoms. The van der Waals surface area contributed by atoms with Crippen LogP contribution in [0, 0.1) is 13.8 Å². The molecule has 0 bridgehead atoms. The van der Waals surface area contributed by atoms with Gasteiger partial charge in [0.25, 0.3) is 5.91 Å². The number of esters is 1. The molecule has 1 heterocycles. The molecule has 0 saturated carbocycles. The van der Waals surface area contributed by atoms with Gasteiger partial charge in [-0.3, -0.25) is 4.79 Å². The molecular weight excluding hydrogens is 380 g/mol. The number of aryl methyl sites for hydroxylation is 2. The third-order valence-electron chi connectivity index (χ3n) is 4.12. The van der Waals surface area contributed by atoms with E-state index in [2.05, 4.69) is 20.7 Å². The number of benzene rings is 2. The number of H-pyrrole nitrogens is 1. The van der Waals surface area contributed by atoms with Crippen LogP contribution in [-0.2, 0) is 9.53 Å². The van der Waals surface area contributed by atoms with Gasteiger partial charge >= 0.3 is 5.97 Å². The van der Waals surface area contributed by atoms with E-state index in [1.807, 2.05) is 38.1 Å². The van der Waals surface area contributed by atoms with E-state index < -0.39 is 18.0 Å². The standard InChI is InChI=1S/C20H19ClN4O3/c1-11-9-12(2)16(15(21)10-11)22-19(26)13(3)28-20(27)18-17(23-25-24-18)14-7-5-4-6-8-14/h4-10,13H,1-3H3,(H,22,26)(H,23,24,25). The number of carbonyl (C=O) groups excluding carboxylic acids is 2. The minimum atomic E-state index is -1.05. The highest BCUT2D eigenvalue weighted by atomic mass is 35.5. The number of ether oxygens (including phenoxy) is 1. The van der Waals surface area contributed by atoms with Crippen LogP contribution in [0.25, 0.3) is 11.3 Å². The smallest absolute Gasteiger partial charge is 0.361 e. The van der Waals surface area contributed by atoms with Gasteiger partial charge in [0.2, 0.25) is 0 Å². The molecule has 1 amide bonds. The zero-order valence-electron chi connectivity index (χ0n) is 15.6. The number of amides is 1. The van der Waals surface area contributed by atoms with E-state index in [-0.39, 0.29) is 5.69 Å². The highest BCUT2D eigenvalue weighted by Crippen LogP contribution is 2.27. The minimum Gasteiger partial charge on any atom is -0.448 e. The van der Waals surface area contributed by atoms with Gasteiger partial charge < -0.3 is 10.1 Å². The Kier molecular flexibility index (Phi) is 5.75. The highest BCUT2D eigenvalue weighted by Gasteiger charge is 2.25. The van der Waals surface area contributed by atoms with Crippen molar-refractivity contribution < 1.29 is 14.3 Å². The van der Waals surface area contributed by atoms with E-state index in [9.17, 15) is 9.59 Å². The monoisotopic (exact) mass is 398 g/mol. The first-order chi connectivity index (χ1) is 13.4. The van der Waals surface area contributed by atoms with Crippen LogP contribution in [0.4, 0.5) is 5.69 Å². The van der Waals surface area contributed by atoms with Crippen molar-refractivity contribution in [1.82, 2.24) is 15.4 Å². The van der Waals surface area contributed by atoms with Crippen LogP contribution in [0.3, 0.4) is 0 Å². The van der Waals surface area contributed by atoms with E-state index in [0.717, 1.165) is 11.1 Å². The molecule has 2 N–H and O–H groups in total. The third kappa shape index (κ3) is 4.20. The number of rotatable bonds is 5. The van der Waals surface area contributed by atoms with Crippen molar-refractivity contribution in [3.8, 4) is 11.3 Å². The molecule has 0 spiro atoms. The molecule has 0 aliphatic heterocycles. The largest absolute Gasteiger partial charge is 0.448 e. The van der Waals surface area contributed by atoms with Crippen LogP contribution >= 0.6 is 11.6 Å². The molecule has 2 aromatic carbocycles. The maximum absolute atomic E-state index is 12.5. The summed E-state index contributed by atoms with van der Waals surface area (Å²) in [6, 6.07) is 12.7. The lowest BCUT2D eigenvalue weighted by Gasteiger charge is -2.16. The van der Waals surface area contributed by atoms with Crippen LogP contribution in [0.15, 0.2) is 42.5 Å². The summed E-state index contributed by atoms with van der Waals surface area (Å²) < 4.78 is 5.28. The molecule has 8 heteroatoms. The van der Waals surface area contributed by atoms with Crippen molar-refractivity contribution in [1.29, 1.82) is 0 Å². The molecule has 1 aromatic heterocycles. The summed E-state index contributed by atoms with van der Waals surface area (Å²) in [5, 5.41) is 13.4. The van der Waals surface area contributed by atoms with Gasteiger partial charge in [-0.2, -0.15) is 10.3 Å². The number of hydrogen-bond donors (Lipinski definition) is 2. The molecular formula is C20H19ClN4O3. The molecule has 3 rings (SSSR count). The summed E-state index contributed by atoms with van der Waals surface area (Å²) >= 11 is 6.21. The van der Waals surface area contributed by atoms with Crippen molar-refractivity contribution in [3.05, 3.63) is 64.3 Å². The van der Waals surface area contributed by atoms with Gasteiger partial charge in [0.05, 0.1) is 10.7 Å². The summed E-state index contributed by atoms with van der Waals surface area (Å²) in [5.74, 6) is -1.24. The van der Waals surface area contributed by atoms with Crippen LogP contribution in [0.2, 0.25) is 5.02 Å². The van der Waals surface area contributed by atoms with Crippen LogP contribution < -0.4 is 5.32 Å². The summed E-state index contributed by atoms with van der Waals surface area (Å²) in [4.78, 5) is 25.0. The Balaban J connectivity index is 1.72. The van der Waals surface area contributed by atoms with Crippen molar-refractivity contribution >= 4 is 29.2 Å². The second kappa shape index (κ2) is 8.22. The predicted octanol–water partition coefficient (Wildman–Crippen LogP) is 3.93. The van der Waals surface area contributed by atoms with Gasteiger partial charge in [-0.15, -0.1) is 5.10 Å². The normalized spacial score (nSPS) is 11.7. The number of carbonyl (C=O) groups is 2. The lowest BCUT2D eigenvalue weighted by atomic mass is 10.1. The van der Waals surface area contributed by atoms with Crippen LogP contribution in [-0.4, -0.2) is 33.4 Å². The number of nitrogens with zero attached hydrogens (tertiary/aromatic N) is 2. The Hall–Kier alpha value is -3.19. The Morgan fingerprint density at radius 3 is 2.54 bits per heavy atom. The average molecular weight is 399 g/mol. The second-order valence-corrected chi connectivity index (χ2v) is 6.77. The molecule has 0 aliphatic rings. The fraction of sp³-hybridized carbons (Fsp3) is 0.200. The zero-order chi connectivity index (χ0) is 20.3. The summed E-state index contributed by atoms with van der Waals surface area (Å²) in [7, 11) is 0. The van der Waals surface area contributed by atoms with Crippen LogP contribution in [0.1, 0.15) is 28.5 Å². The molecule has 7 nitrogen and oxygen atoms in total. The Morgan fingerprint density at radius 1 is 1.14 bits per heavy atom. The first-order valence-electron chi connectivity index (χ1n) is 8.61. The zero-order valence-corrected chi connectivity index (χ0v) is 16.4. The van der Waals surface area contributed by atoms with Crippen LogP contribution in [0.5, 0.6) is 0 Å². The van der Waals surface area contributed by atoms with Gasteiger partial charge in [0.15, 0.2) is 11.8 Å². The van der Waals surface area contributed by atoms with Gasteiger partial charge in [-0.05, 0) is 38.0 Å². The minimum absolute atomic E-state index is 0.00963. The maximum atomic E-state index is 12.5. The van der Waals surface area contributed by atoms with E-state index in [1.165, 1.54) is 6.92 Å².